The summed E-state index contributed by atoms with van der Waals surface area (Å²) in [5.41, 5.74) is 10.6. The van der Waals surface area contributed by atoms with Gasteiger partial charge in [-0.15, -0.1) is 11.8 Å². The molecular weight excluding hydrogens is 418 g/mol. The summed E-state index contributed by atoms with van der Waals surface area (Å²) in [4.78, 5) is 24.8. The molecule has 3 aromatic rings. The normalized spacial score (nSPS) is 18.8. The Labute approximate surface area is 182 Å². The van der Waals surface area contributed by atoms with E-state index in [0.29, 0.717) is 23.0 Å². The Morgan fingerprint density at radius 2 is 2.19 bits per heavy atom. The average Bonchev–Trinajstić information content (AvgIpc) is 3.46. The topological polar surface area (TPSA) is 141 Å². The fourth-order valence-corrected chi connectivity index (χ4v) is 5.51. The number of hydrogen-bond acceptors (Lipinski definition) is 8. The van der Waals surface area contributed by atoms with Gasteiger partial charge in [-0.1, -0.05) is 0 Å². The van der Waals surface area contributed by atoms with Crippen molar-refractivity contribution in [2.45, 2.75) is 49.7 Å². The SMILES string of the molecule is COc1c(C)cnc(Cn2nc3c4c(nc(NC(=O)O)nc42)SCC(N)C32CC2)c1C. The fourth-order valence-electron chi connectivity index (χ4n) is 4.37. The number of methoxy groups -OCH3 is 1. The van der Waals surface area contributed by atoms with Gasteiger partial charge in [0.2, 0.25) is 5.95 Å². The zero-order valence-electron chi connectivity index (χ0n) is 17.5. The zero-order chi connectivity index (χ0) is 21.9. The highest BCUT2D eigenvalue weighted by Crippen LogP contribution is 2.55. The molecule has 0 saturated heterocycles. The van der Waals surface area contributed by atoms with E-state index in [1.54, 1.807) is 18.0 Å². The summed E-state index contributed by atoms with van der Waals surface area (Å²) in [5.74, 6) is 1.52. The van der Waals surface area contributed by atoms with E-state index in [1.807, 2.05) is 13.8 Å². The maximum atomic E-state index is 11.2. The van der Waals surface area contributed by atoms with E-state index in [1.165, 1.54) is 11.8 Å². The maximum absolute atomic E-state index is 11.2. The second-order valence-electron chi connectivity index (χ2n) is 8.11. The Morgan fingerprint density at radius 1 is 1.42 bits per heavy atom. The lowest BCUT2D eigenvalue weighted by Crippen LogP contribution is -2.36. The van der Waals surface area contributed by atoms with Crippen LogP contribution in [0, 0.1) is 13.8 Å². The number of fused-ring (bicyclic) bond motifs is 1. The van der Waals surface area contributed by atoms with Crippen LogP contribution in [-0.2, 0) is 12.0 Å². The van der Waals surface area contributed by atoms with E-state index < -0.39 is 6.09 Å². The number of nitrogens with one attached hydrogen (secondary N) is 1. The highest BCUT2D eigenvalue weighted by atomic mass is 32.2. The molecule has 4 N–H and O–H groups in total. The number of rotatable bonds is 4. The molecule has 4 heterocycles. The molecule has 0 aromatic carbocycles. The molecule has 0 bridgehead atoms. The molecule has 10 nitrogen and oxygen atoms in total. The van der Waals surface area contributed by atoms with Crippen LogP contribution in [0.5, 0.6) is 5.75 Å². The Balaban J connectivity index is 1.70. The second kappa shape index (κ2) is 7.06. The molecule has 11 heteroatoms. The van der Waals surface area contributed by atoms with Crippen molar-refractivity contribution in [1.29, 1.82) is 0 Å². The first-order chi connectivity index (χ1) is 14.8. The Hall–Kier alpha value is -2.92. The monoisotopic (exact) mass is 441 g/mol. The lowest BCUT2D eigenvalue weighted by molar-refractivity contribution is 0.209. The minimum atomic E-state index is -1.22. The first-order valence-corrected chi connectivity index (χ1v) is 11.0. The number of nitrogens with zero attached hydrogens (tertiary/aromatic N) is 5. The molecule has 31 heavy (non-hydrogen) atoms. The molecule has 3 aromatic heterocycles. The van der Waals surface area contributed by atoms with Gasteiger partial charge in [0, 0.05) is 34.5 Å². The van der Waals surface area contributed by atoms with Crippen LogP contribution < -0.4 is 15.8 Å². The van der Waals surface area contributed by atoms with E-state index in [9.17, 15) is 9.90 Å². The van der Waals surface area contributed by atoms with Crippen LogP contribution in [0.25, 0.3) is 11.0 Å². The van der Waals surface area contributed by atoms with Crippen molar-refractivity contribution in [2.24, 2.45) is 5.73 Å². The molecule has 1 spiro atoms. The highest BCUT2D eigenvalue weighted by Gasteiger charge is 2.54. The van der Waals surface area contributed by atoms with Gasteiger partial charge in [0.05, 0.1) is 30.4 Å². The van der Waals surface area contributed by atoms with Crippen molar-refractivity contribution in [3.8, 4) is 5.75 Å². The Morgan fingerprint density at radius 3 is 2.87 bits per heavy atom. The van der Waals surface area contributed by atoms with Gasteiger partial charge in [0.25, 0.3) is 0 Å². The molecule has 162 valence electrons. The molecular formula is C20H23N7O3S. The summed E-state index contributed by atoms with van der Waals surface area (Å²) in [6.07, 6.45) is 2.52. The smallest absolute Gasteiger partial charge is 0.411 e. The van der Waals surface area contributed by atoms with Crippen molar-refractivity contribution in [3.63, 3.8) is 0 Å². The molecule has 1 aliphatic carbocycles. The quantitative estimate of drug-likeness (QED) is 0.520. The lowest BCUT2D eigenvalue weighted by atomic mass is 9.93. The number of aromatic nitrogens is 5. The number of amides is 1. The highest BCUT2D eigenvalue weighted by molar-refractivity contribution is 7.99. The largest absolute Gasteiger partial charge is 0.496 e. The van der Waals surface area contributed by atoms with E-state index in [2.05, 4.69) is 20.3 Å². The Kier molecular flexibility index (Phi) is 4.56. The summed E-state index contributed by atoms with van der Waals surface area (Å²) in [5, 5.41) is 18.0. The molecule has 5 rings (SSSR count). The van der Waals surface area contributed by atoms with Gasteiger partial charge in [-0.05, 0) is 26.7 Å². The molecule has 1 unspecified atom stereocenters. The lowest BCUT2D eigenvalue weighted by Gasteiger charge is -2.18. The zero-order valence-corrected chi connectivity index (χ0v) is 18.3. The predicted octanol–water partition coefficient (Wildman–Crippen LogP) is 2.45. The molecule has 2 aliphatic rings. The molecule has 1 saturated carbocycles. The third-order valence-electron chi connectivity index (χ3n) is 6.20. The van der Waals surface area contributed by atoms with Gasteiger partial charge in [-0.2, -0.15) is 10.1 Å². The van der Waals surface area contributed by atoms with E-state index in [4.69, 9.17) is 15.6 Å². The first-order valence-electron chi connectivity index (χ1n) is 10.0. The van der Waals surface area contributed by atoms with Gasteiger partial charge in [-0.25, -0.2) is 14.5 Å². The summed E-state index contributed by atoms with van der Waals surface area (Å²) >= 11 is 1.53. The summed E-state index contributed by atoms with van der Waals surface area (Å²) in [6.45, 7) is 4.29. The Bertz CT molecular complexity index is 1220. The van der Waals surface area contributed by atoms with Crippen molar-refractivity contribution in [1.82, 2.24) is 24.7 Å². The van der Waals surface area contributed by atoms with E-state index in [-0.39, 0.29) is 17.4 Å². The summed E-state index contributed by atoms with van der Waals surface area (Å²) < 4.78 is 7.33. The number of hydrogen-bond donors (Lipinski definition) is 3. The second-order valence-corrected chi connectivity index (χ2v) is 9.12. The third-order valence-corrected chi connectivity index (χ3v) is 7.29. The number of thioether (sulfide) groups is 1. The third kappa shape index (κ3) is 3.10. The van der Waals surface area contributed by atoms with Crippen LogP contribution >= 0.6 is 11.8 Å². The molecule has 1 atom stereocenters. The van der Waals surface area contributed by atoms with Crippen LogP contribution in [0.15, 0.2) is 11.2 Å². The minimum Gasteiger partial charge on any atom is -0.496 e. The van der Waals surface area contributed by atoms with Gasteiger partial charge in [0.1, 0.15) is 10.8 Å². The standard InChI is InChI=1S/C20H23N7O3S/c1-9-6-22-11(10(2)14(9)30-3)7-27-16-13-15(26-27)20(4-5-20)12(21)8-31-17(13)24-18(23-16)25-19(28)29/h6,12H,4-5,7-8,21H2,1-3H3,(H,28,29)(H,23,24,25). The molecule has 1 amide bonds. The summed E-state index contributed by atoms with van der Waals surface area (Å²) in [7, 11) is 1.64. The predicted molar refractivity (Wildman–Crippen MR) is 116 cm³/mol. The van der Waals surface area contributed by atoms with Crippen LogP contribution in [-0.4, -0.2) is 54.8 Å². The average molecular weight is 442 g/mol. The first kappa shape index (κ1) is 20.0. The van der Waals surface area contributed by atoms with Crippen molar-refractivity contribution in [3.05, 3.63) is 28.7 Å². The van der Waals surface area contributed by atoms with Crippen molar-refractivity contribution >= 4 is 34.8 Å². The van der Waals surface area contributed by atoms with Gasteiger partial charge < -0.3 is 15.6 Å². The van der Waals surface area contributed by atoms with Gasteiger partial charge in [-0.3, -0.25) is 10.3 Å². The molecule has 1 aliphatic heterocycles. The molecule has 0 radical (unpaired) electrons. The number of carboxylic acid groups (broad SMARTS) is 1. The van der Waals surface area contributed by atoms with Crippen LogP contribution in [0.1, 0.15) is 35.4 Å². The van der Waals surface area contributed by atoms with Crippen molar-refractivity contribution < 1.29 is 14.6 Å². The number of pyridine rings is 1. The number of anilines is 1. The number of ether oxygens (including phenoxy) is 1. The van der Waals surface area contributed by atoms with Crippen molar-refractivity contribution in [2.75, 3.05) is 18.2 Å². The minimum absolute atomic E-state index is 0.0293. The van der Waals surface area contributed by atoms with Crippen LogP contribution in [0.4, 0.5) is 10.7 Å². The van der Waals surface area contributed by atoms with Crippen LogP contribution in [0.2, 0.25) is 0 Å². The number of carbonyl (C=O) groups is 1. The van der Waals surface area contributed by atoms with E-state index >= 15 is 0 Å². The maximum Gasteiger partial charge on any atom is 0.411 e. The summed E-state index contributed by atoms with van der Waals surface area (Å²) in [6, 6.07) is -0.0477. The van der Waals surface area contributed by atoms with Gasteiger partial charge >= 0.3 is 6.09 Å². The van der Waals surface area contributed by atoms with Crippen LogP contribution in [0.3, 0.4) is 0 Å². The van der Waals surface area contributed by atoms with E-state index in [0.717, 1.165) is 46.5 Å². The molecule has 1 fully saturated rings. The number of nitrogens with two attached hydrogens (primary N) is 1. The fraction of sp³-hybridized carbons (Fsp3) is 0.450. The van der Waals surface area contributed by atoms with Gasteiger partial charge in [0.15, 0.2) is 5.65 Å². The number of aryl methyl sites for hydroxylation is 1.